The van der Waals surface area contributed by atoms with E-state index >= 15 is 0 Å². The number of nitrogens with two attached hydrogens (primary N) is 1. The van der Waals surface area contributed by atoms with E-state index in [1.54, 1.807) is 12.1 Å². The highest BCUT2D eigenvalue weighted by molar-refractivity contribution is 6.04. The molecule has 0 aliphatic heterocycles. The van der Waals surface area contributed by atoms with Gasteiger partial charge in [-0.15, -0.1) is 13.2 Å². The monoisotopic (exact) mass is 310 g/mol. The lowest BCUT2D eigenvalue weighted by molar-refractivity contribution is -0.274. The maximum Gasteiger partial charge on any atom is 0.573 e. The van der Waals surface area contributed by atoms with E-state index in [0.717, 1.165) is 17.7 Å². The van der Waals surface area contributed by atoms with E-state index in [-0.39, 0.29) is 5.75 Å². The van der Waals surface area contributed by atoms with Gasteiger partial charge in [-0.1, -0.05) is 6.07 Å². The van der Waals surface area contributed by atoms with Gasteiger partial charge in [-0.05, 0) is 48.9 Å². The first kappa shape index (κ1) is 15.7. The highest BCUT2D eigenvalue weighted by atomic mass is 19.4. The number of aryl methyl sites for hydroxylation is 1. The Labute approximate surface area is 124 Å². The summed E-state index contributed by atoms with van der Waals surface area (Å²) in [5.74, 6) is -0.763. The molecule has 3 N–H and O–H groups in total. The van der Waals surface area contributed by atoms with Gasteiger partial charge in [-0.2, -0.15) is 0 Å². The minimum absolute atomic E-state index is 0.346. The van der Waals surface area contributed by atoms with Crippen LogP contribution >= 0.6 is 0 Å². The molecule has 4 nitrogen and oxygen atoms in total. The summed E-state index contributed by atoms with van der Waals surface area (Å²) in [5.41, 5.74) is 7.77. The van der Waals surface area contributed by atoms with Crippen molar-refractivity contribution in [2.75, 3.05) is 11.1 Å². The fraction of sp³-hybridized carbons (Fsp3) is 0.133. The molecule has 0 heterocycles. The minimum atomic E-state index is -4.75. The molecule has 0 radical (unpaired) electrons. The summed E-state index contributed by atoms with van der Waals surface area (Å²) in [4.78, 5) is 12.0. The lowest BCUT2D eigenvalue weighted by Gasteiger charge is -2.10. The number of hydrogen-bond donors (Lipinski definition) is 2. The summed E-state index contributed by atoms with van der Waals surface area (Å²) in [6.45, 7) is 1.82. The number of nitrogen functional groups attached to an aromatic ring is 1. The van der Waals surface area contributed by atoms with Crippen LogP contribution in [0.4, 0.5) is 24.5 Å². The molecule has 0 unspecified atom stereocenters. The van der Waals surface area contributed by atoms with Crippen molar-refractivity contribution < 1.29 is 22.7 Å². The summed E-state index contributed by atoms with van der Waals surface area (Å²) in [5, 5.41) is 2.56. The highest BCUT2D eigenvalue weighted by Crippen LogP contribution is 2.24. The number of halogens is 3. The molecular formula is C15H13F3N2O2. The zero-order chi connectivity index (χ0) is 16.3. The molecule has 116 valence electrons. The van der Waals surface area contributed by atoms with Crippen molar-refractivity contribution in [3.8, 4) is 5.75 Å². The maximum atomic E-state index is 12.0. The zero-order valence-corrected chi connectivity index (χ0v) is 11.6. The van der Waals surface area contributed by atoms with Crippen LogP contribution in [0.15, 0.2) is 42.5 Å². The number of carbonyl (C=O) groups is 1. The fourth-order valence-electron chi connectivity index (χ4n) is 1.72. The van der Waals surface area contributed by atoms with Gasteiger partial charge in [0.2, 0.25) is 0 Å². The third kappa shape index (κ3) is 4.15. The molecule has 0 aliphatic rings. The number of nitrogens with one attached hydrogen (secondary N) is 1. The Morgan fingerprint density at radius 2 is 1.77 bits per heavy atom. The Hall–Kier alpha value is -2.70. The van der Waals surface area contributed by atoms with E-state index < -0.39 is 12.3 Å². The van der Waals surface area contributed by atoms with Gasteiger partial charge in [-0.3, -0.25) is 4.79 Å². The number of anilines is 2. The van der Waals surface area contributed by atoms with Crippen molar-refractivity contribution >= 4 is 17.3 Å². The fourth-order valence-corrected chi connectivity index (χ4v) is 1.72. The normalized spacial score (nSPS) is 11.1. The van der Waals surface area contributed by atoms with E-state index in [1.165, 1.54) is 18.2 Å². The summed E-state index contributed by atoms with van der Waals surface area (Å²) in [6.07, 6.45) is -4.75. The first-order chi connectivity index (χ1) is 10.2. The van der Waals surface area contributed by atoms with Crippen LogP contribution in [-0.4, -0.2) is 12.3 Å². The quantitative estimate of drug-likeness (QED) is 0.849. The average molecular weight is 310 g/mol. The third-order valence-electron chi connectivity index (χ3n) is 2.89. The first-order valence-corrected chi connectivity index (χ1v) is 6.28. The van der Waals surface area contributed by atoms with Crippen LogP contribution in [0.1, 0.15) is 15.9 Å². The molecule has 0 bridgehead atoms. The second-order valence-corrected chi connectivity index (χ2v) is 4.60. The Morgan fingerprint density at radius 1 is 1.14 bits per heavy atom. The molecule has 0 aliphatic carbocycles. The van der Waals surface area contributed by atoms with Crippen LogP contribution in [0, 0.1) is 6.92 Å². The molecule has 2 aromatic rings. The van der Waals surface area contributed by atoms with Gasteiger partial charge in [-0.25, -0.2) is 0 Å². The van der Waals surface area contributed by atoms with E-state index in [9.17, 15) is 18.0 Å². The van der Waals surface area contributed by atoms with Gasteiger partial charge < -0.3 is 15.8 Å². The van der Waals surface area contributed by atoms with Crippen molar-refractivity contribution in [3.05, 3.63) is 53.6 Å². The summed E-state index contributed by atoms with van der Waals surface area (Å²) in [7, 11) is 0. The number of rotatable bonds is 3. The van der Waals surface area contributed by atoms with Crippen molar-refractivity contribution in [2.45, 2.75) is 13.3 Å². The van der Waals surface area contributed by atoms with Crippen LogP contribution in [0.25, 0.3) is 0 Å². The van der Waals surface area contributed by atoms with Gasteiger partial charge in [0.15, 0.2) is 0 Å². The SMILES string of the molecule is Cc1ccc(C(=O)Nc2ccc(OC(F)(F)F)cc2)cc1N. The maximum absolute atomic E-state index is 12.0. The van der Waals surface area contributed by atoms with E-state index in [0.29, 0.717) is 16.9 Å². The van der Waals surface area contributed by atoms with E-state index in [1.807, 2.05) is 6.92 Å². The molecular weight excluding hydrogens is 297 g/mol. The van der Waals surface area contributed by atoms with Crippen LogP contribution in [-0.2, 0) is 0 Å². The number of benzene rings is 2. The van der Waals surface area contributed by atoms with Crippen LogP contribution in [0.2, 0.25) is 0 Å². The molecule has 1 amide bonds. The molecule has 0 spiro atoms. The lowest BCUT2D eigenvalue weighted by atomic mass is 10.1. The smallest absolute Gasteiger partial charge is 0.406 e. The molecule has 7 heteroatoms. The minimum Gasteiger partial charge on any atom is -0.406 e. The van der Waals surface area contributed by atoms with Crippen molar-refractivity contribution in [3.63, 3.8) is 0 Å². The Morgan fingerprint density at radius 3 is 2.32 bits per heavy atom. The van der Waals surface area contributed by atoms with Crippen LogP contribution in [0.3, 0.4) is 0 Å². The van der Waals surface area contributed by atoms with Crippen molar-refractivity contribution in [2.24, 2.45) is 0 Å². The molecule has 2 rings (SSSR count). The van der Waals surface area contributed by atoms with Gasteiger partial charge in [0.05, 0.1) is 0 Å². The number of hydrogen-bond acceptors (Lipinski definition) is 3. The average Bonchev–Trinajstić information content (AvgIpc) is 2.42. The molecule has 0 fully saturated rings. The number of alkyl halides is 3. The zero-order valence-electron chi connectivity index (χ0n) is 11.6. The molecule has 0 atom stereocenters. The first-order valence-electron chi connectivity index (χ1n) is 6.28. The number of amides is 1. The number of carbonyl (C=O) groups excluding carboxylic acids is 1. The summed E-state index contributed by atoms with van der Waals surface area (Å²) in [6, 6.07) is 9.73. The molecule has 2 aromatic carbocycles. The predicted octanol–water partition coefficient (Wildman–Crippen LogP) is 3.73. The van der Waals surface area contributed by atoms with Gasteiger partial charge in [0.1, 0.15) is 5.75 Å². The standard InChI is InChI=1S/C15H13F3N2O2/c1-9-2-3-10(8-13(9)19)14(21)20-11-4-6-12(7-5-11)22-15(16,17)18/h2-8H,19H2,1H3,(H,20,21). The Kier molecular flexibility index (Phi) is 4.25. The lowest BCUT2D eigenvalue weighted by Crippen LogP contribution is -2.17. The summed E-state index contributed by atoms with van der Waals surface area (Å²) >= 11 is 0. The Bertz CT molecular complexity index is 682. The molecule has 0 saturated heterocycles. The van der Waals surface area contributed by atoms with E-state index in [2.05, 4.69) is 10.1 Å². The van der Waals surface area contributed by atoms with Crippen LogP contribution < -0.4 is 15.8 Å². The summed E-state index contributed by atoms with van der Waals surface area (Å²) < 4.78 is 39.9. The Balaban J connectivity index is 2.07. The number of ether oxygens (including phenoxy) is 1. The van der Waals surface area contributed by atoms with E-state index in [4.69, 9.17) is 5.73 Å². The van der Waals surface area contributed by atoms with Gasteiger partial charge in [0.25, 0.3) is 5.91 Å². The van der Waals surface area contributed by atoms with Gasteiger partial charge in [0, 0.05) is 16.9 Å². The largest absolute Gasteiger partial charge is 0.573 e. The molecule has 0 saturated carbocycles. The van der Waals surface area contributed by atoms with Gasteiger partial charge >= 0.3 is 6.36 Å². The van der Waals surface area contributed by atoms with Crippen molar-refractivity contribution in [1.29, 1.82) is 0 Å². The highest BCUT2D eigenvalue weighted by Gasteiger charge is 2.30. The second-order valence-electron chi connectivity index (χ2n) is 4.60. The third-order valence-corrected chi connectivity index (χ3v) is 2.89. The molecule has 0 aromatic heterocycles. The molecule has 22 heavy (non-hydrogen) atoms. The van der Waals surface area contributed by atoms with Crippen LogP contribution in [0.5, 0.6) is 5.75 Å². The second kappa shape index (κ2) is 5.97. The predicted molar refractivity (Wildman–Crippen MR) is 76.7 cm³/mol. The van der Waals surface area contributed by atoms with Crippen molar-refractivity contribution in [1.82, 2.24) is 0 Å². The topological polar surface area (TPSA) is 64.3 Å².